The Bertz CT molecular complexity index is 458. The summed E-state index contributed by atoms with van der Waals surface area (Å²) >= 11 is 11.6. The Morgan fingerprint density at radius 3 is 2.58 bits per heavy atom. The van der Waals surface area contributed by atoms with Gasteiger partial charge in [-0.3, -0.25) is 5.32 Å². The minimum absolute atomic E-state index is 0.0785. The van der Waals surface area contributed by atoms with Crippen LogP contribution in [0.1, 0.15) is 32.4 Å². The lowest BCUT2D eigenvalue weighted by Gasteiger charge is -2.20. The van der Waals surface area contributed by atoms with Crippen molar-refractivity contribution in [3.05, 3.63) is 28.8 Å². The number of anilines is 1. The lowest BCUT2D eigenvalue weighted by molar-refractivity contribution is 0.0636. The number of alkyl halides is 1. The van der Waals surface area contributed by atoms with Gasteiger partial charge in [0.2, 0.25) is 0 Å². The number of carbonyl (C=O) groups is 1. The molecule has 0 aliphatic rings. The van der Waals surface area contributed by atoms with Gasteiger partial charge in [-0.2, -0.15) is 0 Å². The second kappa shape index (κ2) is 6.46. The Morgan fingerprint density at radius 2 is 2.11 bits per heavy atom. The van der Waals surface area contributed by atoms with Crippen LogP contribution in [0.4, 0.5) is 10.5 Å². The summed E-state index contributed by atoms with van der Waals surface area (Å²) in [6.45, 7) is 5.32. The minimum atomic E-state index is -0.783. The highest BCUT2D eigenvalue weighted by molar-refractivity contribution is 6.33. The summed E-state index contributed by atoms with van der Waals surface area (Å²) in [4.78, 5) is 11.6. The number of amides is 1. The van der Waals surface area contributed by atoms with Crippen molar-refractivity contribution < 1.29 is 14.6 Å². The van der Waals surface area contributed by atoms with Gasteiger partial charge in [0, 0.05) is 0 Å². The fourth-order valence-electron chi connectivity index (χ4n) is 1.34. The van der Waals surface area contributed by atoms with Crippen molar-refractivity contribution in [3.63, 3.8) is 0 Å². The van der Waals surface area contributed by atoms with E-state index in [0.29, 0.717) is 16.3 Å². The molecule has 0 heterocycles. The summed E-state index contributed by atoms with van der Waals surface area (Å²) in [5.41, 5.74) is 0.432. The smallest absolute Gasteiger partial charge is 0.412 e. The van der Waals surface area contributed by atoms with E-state index in [4.69, 9.17) is 27.9 Å². The molecule has 0 spiro atoms. The highest BCUT2D eigenvalue weighted by Crippen LogP contribution is 2.27. The third kappa shape index (κ3) is 5.27. The zero-order chi connectivity index (χ0) is 14.6. The standard InChI is InChI=1S/C13H17Cl2NO3/c1-13(2,3)19-12(18)16-10-5-4-8(6-9(10)15)11(17)7-14/h4-6,11,17H,7H2,1-3H3,(H,16,18). The predicted octanol–water partition coefficient (Wildman–Crippen LogP) is 3.96. The summed E-state index contributed by atoms with van der Waals surface area (Å²) in [7, 11) is 0. The van der Waals surface area contributed by atoms with Gasteiger partial charge < -0.3 is 9.84 Å². The molecule has 0 aliphatic heterocycles. The molecule has 4 nitrogen and oxygen atoms in total. The zero-order valence-electron chi connectivity index (χ0n) is 11.0. The number of hydrogen-bond acceptors (Lipinski definition) is 3. The molecular weight excluding hydrogens is 289 g/mol. The number of nitrogens with one attached hydrogen (secondary N) is 1. The molecule has 1 aromatic rings. The van der Waals surface area contributed by atoms with E-state index >= 15 is 0 Å². The van der Waals surface area contributed by atoms with Crippen molar-refractivity contribution in [1.82, 2.24) is 0 Å². The maximum absolute atomic E-state index is 11.6. The van der Waals surface area contributed by atoms with Gasteiger partial charge in [-0.1, -0.05) is 17.7 Å². The normalized spacial score (nSPS) is 12.9. The van der Waals surface area contributed by atoms with Crippen LogP contribution >= 0.6 is 23.2 Å². The number of carbonyl (C=O) groups excluding carboxylic acids is 1. The fourth-order valence-corrected chi connectivity index (χ4v) is 1.76. The van der Waals surface area contributed by atoms with E-state index < -0.39 is 17.8 Å². The van der Waals surface area contributed by atoms with Gasteiger partial charge in [-0.15, -0.1) is 11.6 Å². The number of rotatable bonds is 3. The number of aliphatic hydroxyl groups excluding tert-OH is 1. The lowest BCUT2D eigenvalue weighted by atomic mass is 10.1. The first kappa shape index (κ1) is 16.1. The number of halogens is 2. The maximum Gasteiger partial charge on any atom is 0.412 e. The molecule has 0 fully saturated rings. The van der Waals surface area contributed by atoms with E-state index in [1.165, 1.54) is 0 Å². The van der Waals surface area contributed by atoms with E-state index in [-0.39, 0.29) is 5.88 Å². The van der Waals surface area contributed by atoms with Crippen LogP contribution in [0.5, 0.6) is 0 Å². The van der Waals surface area contributed by atoms with Crippen molar-refractivity contribution in [2.24, 2.45) is 0 Å². The van der Waals surface area contributed by atoms with E-state index in [1.807, 2.05) is 0 Å². The topological polar surface area (TPSA) is 58.6 Å². The van der Waals surface area contributed by atoms with Gasteiger partial charge in [0.15, 0.2) is 0 Å². The van der Waals surface area contributed by atoms with E-state index in [0.717, 1.165) is 0 Å². The van der Waals surface area contributed by atoms with E-state index in [2.05, 4.69) is 5.32 Å². The van der Waals surface area contributed by atoms with Gasteiger partial charge in [0.05, 0.1) is 22.7 Å². The summed E-state index contributed by atoms with van der Waals surface area (Å²) in [5, 5.41) is 12.4. The van der Waals surface area contributed by atoms with Crippen LogP contribution in [0.15, 0.2) is 18.2 Å². The minimum Gasteiger partial charge on any atom is -0.444 e. The molecule has 0 aromatic heterocycles. The number of aliphatic hydroxyl groups is 1. The summed E-state index contributed by atoms with van der Waals surface area (Å²) in [6.07, 6.45) is -1.37. The van der Waals surface area contributed by atoms with Crippen LogP contribution in [0.25, 0.3) is 0 Å². The molecule has 0 radical (unpaired) electrons. The van der Waals surface area contributed by atoms with Crippen LogP contribution in [0, 0.1) is 0 Å². The molecule has 6 heteroatoms. The molecule has 0 bridgehead atoms. The average molecular weight is 306 g/mol. The number of benzene rings is 1. The third-order valence-electron chi connectivity index (χ3n) is 2.16. The molecule has 106 valence electrons. The monoisotopic (exact) mass is 305 g/mol. The summed E-state index contributed by atoms with van der Waals surface area (Å²) in [6, 6.07) is 4.80. The summed E-state index contributed by atoms with van der Waals surface area (Å²) < 4.78 is 5.12. The third-order valence-corrected chi connectivity index (χ3v) is 2.76. The van der Waals surface area contributed by atoms with E-state index in [1.54, 1.807) is 39.0 Å². The van der Waals surface area contributed by atoms with Gasteiger partial charge in [-0.25, -0.2) is 4.79 Å². The van der Waals surface area contributed by atoms with Crippen LogP contribution in [0.2, 0.25) is 5.02 Å². The first-order chi connectivity index (χ1) is 8.73. The van der Waals surface area contributed by atoms with Crippen LogP contribution in [-0.2, 0) is 4.74 Å². The lowest BCUT2D eigenvalue weighted by Crippen LogP contribution is -2.27. The fraction of sp³-hybridized carbons (Fsp3) is 0.462. The van der Waals surface area contributed by atoms with Gasteiger partial charge in [0.25, 0.3) is 0 Å². The van der Waals surface area contributed by atoms with Crippen molar-refractivity contribution >= 4 is 35.0 Å². The molecule has 0 saturated heterocycles. The molecular formula is C13H17Cl2NO3. The molecule has 1 aromatic carbocycles. The number of hydrogen-bond donors (Lipinski definition) is 2. The maximum atomic E-state index is 11.6. The van der Waals surface area contributed by atoms with Crippen LogP contribution in [-0.4, -0.2) is 22.7 Å². The molecule has 19 heavy (non-hydrogen) atoms. The van der Waals surface area contributed by atoms with Crippen molar-refractivity contribution in [2.75, 3.05) is 11.2 Å². The number of ether oxygens (including phenoxy) is 1. The van der Waals surface area contributed by atoms with Crippen molar-refractivity contribution in [2.45, 2.75) is 32.5 Å². The zero-order valence-corrected chi connectivity index (χ0v) is 12.5. The first-order valence-electron chi connectivity index (χ1n) is 5.76. The van der Waals surface area contributed by atoms with Gasteiger partial charge in [0.1, 0.15) is 5.60 Å². The Kier molecular flexibility index (Phi) is 5.47. The second-order valence-corrected chi connectivity index (χ2v) is 5.75. The predicted molar refractivity (Wildman–Crippen MR) is 77.0 cm³/mol. The SMILES string of the molecule is CC(C)(C)OC(=O)Nc1ccc(C(O)CCl)cc1Cl. The van der Waals surface area contributed by atoms with Crippen LogP contribution in [0.3, 0.4) is 0 Å². The Hall–Kier alpha value is -0.970. The van der Waals surface area contributed by atoms with E-state index in [9.17, 15) is 9.90 Å². The van der Waals surface area contributed by atoms with Crippen LogP contribution < -0.4 is 5.32 Å². The average Bonchev–Trinajstić information content (AvgIpc) is 2.28. The van der Waals surface area contributed by atoms with Gasteiger partial charge in [-0.05, 0) is 38.5 Å². The highest BCUT2D eigenvalue weighted by atomic mass is 35.5. The largest absolute Gasteiger partial charge is 0.444 e. The molecule has 1 rings (SSSR count). The summed E-state index contributed by atoms with van der Waals surface area (Å²) in [5.74, 6) is 0.0785. The first-order valence-corrected chi connectivity index (χ1v) is 6.67. The molecule has 1 amide bonds. The second-order valence-electron chi connectivity index (χ2n) is 5.04. The molecule has 0 saturated carbocycles. The molecule has 1 unspecified atom stereocenters. The molecule has 0 aliphatic carbocycles. The van der Waals surface area contributed by atoms with Gasteiger partial charge >= 0.3 is 6.09 Å². The Morgan fingerprint density at radius 1 is 1.47 bits per heavy atom. The van der Waals surface area contributed by atoms with Crippen molar-refractivity contribution in [1.29, 1.82) is 0 Å². The van der Waals surface area contributed by atoms with Crippen molar-refractivity contribution in [3.8, 4) is 0 Å². The highest BCUT2D eigenvalue weighted by Gasteiger charge is 2.17. The molecule has 1 atom stereocenters. The Balaban J connectivity index is 2.78. The molecule has 2 N–H and O–H groups in total. The Labute approximate surface area is 122 Å². The quantitative estimate of drug-likeness (QED) is 0.831.